The van der Waals surface area contributed by atoms with Crippen LogP contribution in [0.5, 0.6) is 0 Å². The summed E-state index contributed by atoms with van der Waals surface area (Å²) >= 11 is 0. The maximum Gasteiger partial charge on any atom is 0.327 e. The van der Waals surface area contributed by atoms with Crippen molar-refractivity contribution in [3.05, 3.63) is 30.1 Å². The van der Waals surface area contributed by atoms with Crippen LogP contribution in [0, 0.1) is 0 Å². The van der Waals surface area contributed by atoms with Crippen molar-refractivity contribution >= 4 is 11.9 Å². The number of carbonyl (C=O) groups is 2. The Balaban J connectivity index is 1.68. The second-order valence-corrected chi connectivity index (χ2v) is 8.22. The molecule has 3 amide bonds. The van der Waals surface area contributed by atoms with Gasteiger partial charge in [0, 0.05) is 58.8 Å². The number of imide groups is 1. The Hall–Kier alpha value is -2.03. The maximum absolute atomic E-state index is 13.5. The van der Waals surface area contributed by atoms with Crippen molar-refractivity contribution in [2.75, 3.05) is 53.6 Å². The molecule has 0 saturated carbocycles. The Morgan fingerprint density at radius 2 is 1.93 bits per heavy atom. The van der Waals surface area contributed by atoms with Gasteiger partial charge in [-0.1, -0.05) is 6.07 Å². The van der Waals surface area contributed by atoms with Crippen LogP contribution in [0.3, 0.4) is 0 Å². The Bertz CT molecular complexity index is 706. The molecule has 30 heavy (non-hydrogen) atoms. The number of methoxy groups -OCH3 is 2. The highest BCUT2D eigenvalue weighted by Gasteiger charge is 2.57. The molecule has 0 aliphatic carbocycles. The molecule has 2 aliphatic rings. The number of urea groups is 1. The normalized spacial score (nSPS) is 20.4. The van der Waals surface area contributed by atoms with E-state index in [1.54, 1.807) is 25.3 Å². The van der Waals surface area contributed by atoms with Crippen molar-refractivity contribution in [1.29, 1.82) is 0 Å². The molecular weight excluding hydrogens is 384 g/mol. The van der Waals surface area contributed by atoms with Gasteiger partial charge >= 0.3 is 6.03 Å². The fourth-order valence-electron chi connectivity index (χ4n) is 4.62. The number of ether oxygens (including phenoxy) is 2. The molecule has 166 valence electrons. The minimum absolute atomic E-state index is 0.0474. The summed E-state index contributed by atoms with van der Waals surface area (Å²) in [5.74, 6) is -0.0474. The number of rotatable bonds is 10. The van der Waals surface area contributed by atoms with Crippen molar-refractivity contribution in [1.82, 2.24) is 19.7 Å². The number of piperidine rings is 1. The van der Waals surface area contributed by atoms with Gasteiger partial charge in [0.2, 0.25) is 0 Å². The van der Waals surface area contributed by atoms with Gasteiger partial charge in [0.15, 0.2) is 0 Å². The number of carbonyl (C=O) groups excluding carboxylic acids is 2. The molecule has 1 aromatic heterocycles. The number of aryl methyl sites for hydroxylation is 1. The lowest BCUT2D eigenvalue weighted by Gasteiger charge is -2.43. The molecule has 1 spiro atoms. The molecule has 2 fully saturated rings. The van der Waals surface area contributed by atoms with E-state index in [1.165, 1.54) is 4.90 Å². The number of nitrogens with zero attached hydrogens (tertiary/aromatic N) is 4. The lowest BCUT2D eigenvalue weighted by atomic mass is 9.85. The minimum atomic E-state index is -0.743. The fraction of sp³-hybridized carbons (Fsp3) is 0.682. The van der Waals surface area contributed by atoms with E-state index in [2.05, 4.69) is 16.8 Å². The summed E-state index contributed by atoms with van der Waals surface area (Å²) in [6.07, 6.45) is 6.39. The van der Waals surface area contributed by atoms with Gasteiger partial charge in [0.05, 0.1) is 13.2 Å². The van der Waals surface area contributed by atoms with Crippen molar-refractivity contribution in [3.63, 3.8) is 0 Å². The molecule has 0 aromatic carbocycles. The first kappa shape index (κ1) is 22.7. The van der Waals surface area contributed by atoms with Gasteiger partial charge in [-0.25, -0.2) is 4.79 Å². The van der Waals surface area contributed by atoms with E-state index in [4.69, 9.17) is 9.47 Å². The molecule has 2 aliphatic heterocycles. The molecule has 1 aromatic rings. The Kier molecular flexibility index (Phi) is 7.80. The molecule has 0 N–H and O–H groups in total. The first-order chi connectivity index (χ1) is 14.5. The van der Waals surface area contributed by atoms with Crippen molar-refractivity contribution in [2.24, 2.45) is 0 Å². The largest absolute Gasteiger partial charge is 0.383 e. The molecule has 1 atom stereocenters. The van der Waals surface area contributed by atoms with Crippen LogP contribution >= 0.6 is 0 Å². The molecule has 0 radical (unpaired) electrons. The van der Waals surface area contributed by atoms with E-state index in [0.717, 1.165) is 31.5 Å². The number of pyridine rings is 1. The molecule has 2 saturated heterocycles. The van der Waals surface area contributed by atoms with Crippen LogP contribution in [0.4, 0.5) is 4.79 Å². The molecular formula is C22H34N4O4. The van der Waals surface area contributed by atoms with E-state index in [-0.39, 0.29) is 11.9 Å². The van der Waals surface area contributed by atoms with Gasteiger partial charge in [-0.15, -0.1) is 0 Å². The molecule has 8 nitrogen and oxygen atoms in total. The van der Waals surface area contributed by atoms with Crippen LogP contribution in [0.1, 0.15) is 31.7 Å². The van der Waals surface area contributed by atoms with E-state index in [0.29, 0.717) is 45.2 Å². The average molecular weight is 419 g/mol. The number of likely N-dealkylation sites (tertiary alicyclic amines) is 1. The van der Waals surface area contributed by atoms with Crippen LogP contribution in [0.25, 0.3) is 0 Å². The van der Waals surface area contributed by atoms with Gasteiger partial charge < -0.3 is 14.4 Å². The smallest absolute Gasteiger partial charge is 0.327 e. The summed E-state index contributed by atoms with van der Waals surface area (Å²) in [5, 5.41) is 0. The van der Waals surface area contributed by atoms with Crippen LogP contribution < -0.4 is 0 Å². The van der Waals surface area contributed by atoms with Crippen LogP contribution in [-0.4, -0.2) is 96.8 Å². The second kappa shape index (κ2) is 10.3. The summed E-state index contributed by atoms with van der Waals surface area (Å²) < 4.78 is 10.5. The SMILES string of the molecule is COCCN1C(=O)N(CCCc2cccnc2)C(=O)C12CCN([C@H](C)COC)CC2. The Morgan fingerprint density at radius 1 is 1.17 bits per heavy atom. The zero-order valence-electron chi connectivity index (χ0n) is 18.4. The van der Waals surface area contributed by atoms with E-state index in [1.807, 2.05) is 18.3 Å². The van der Waals surface area contributed by atoms with Gasteiger partial charge in [-0.2, -0.15) is 0 Å². The first-order valence-corrected chi connectivity index (χ1v) is 10.8. The summed E-state index contributed by atoms with van der Waals surface area (Å²) in [4.78, 5) is 36.4. The summed E-state index contributed by atoms with van der Waals surface area (Å²) in [6, 6.07) is 4.04. The first-order valence-electron chi connectivity index (χ1n) is 10.8. The van der Waals surface area contributed by atoms with Gasteiger partial charge in [-0.05, 0) is 44.2 Å². The lowest BCUT2D eigenvalue weighted by molar-refractivity contribution is -0.136. The van der Waals surface area contributed by atoms with Gasteiger partial charge in [-0.3, -0.25) is 19.6 Å². The summed E-state index contributed by atoms with van der Waals surface area (Å²) in [7, 11) is 3.33. The second-order valence-electron chi connectivity index (χ2n) is 8.22. The lowest BCUT2D eigenvalue weighted by Crippen LogP contribution is -2.58. The Labute approximate surface area is 179 Å². The predicted molar refractivity (Wildman–Crippen MR) is 113 cm³/mol. The molecule has 3 heterocycles. The quantitative estimate of drug-likeness (QED) is 0.540. The zero-order chi connectivity index (χ0) is 21.6. The van der Waals surface area contributed by atoms with Crippen molar-refractivity contribution in [2.45, 2.75) is 44.2 Å². The highest BCUT2D eigenvalue weighted by atomic mass is 16.5. The molecule has 3 rings (SSSR count). The van der Waals surface area contributed by atoms with Crippen molar-refractivity contribution < 1.29 is 19.1 Å². The van der Waals surface area contributed by atoms with Gasteiger partial charge in [0.1, 0.15) is 5.54 Å². The molecule has 0 bridgehead atoms. The van der Waals surface area contributed by atoms with E-state index in [9.17, 15) is 9.59 Å². The zero-order valence-corrected chi connectivity index (χ0v) is 18.4. The number of amides is 3. The Morgan fingerprint density at radius 3 is 2.57 bits per heavy atom. The maximum atomic E-state index is 13.5. The molecule has 0 unspecified atom stereocenters. The van der Waals surface area contributed by atoms with Gasteiger partial charge in [0.25, 0.3) is 5.91 Å². The summed E-state index contributed by atoms with van der Waals surface area (Å²) in [6.45, 7) is 5.64. The standard InChI is InChI=1S/C22H34N4O4/c1-18(17-30-3)24-12-8-22(9-13-24)20(27)25(21(28)26(22)14-15-29-2)11-5-7-19-6-4-10-23-16-19/h4,6,10,16,18H,5,7-9,11-15,17H2,1-3H3/t18-/m1/s1. The van der Waals surface area contributed by atoms with E-state index >= 15 is 0 Å². The minimum Gasteiger partial charge on any atom is -0.383 e. The topological polar surface area (TPSA) is 75.2 Å². The third kappa shape index (κ3) is 4.66. The highest BCUT2D eigenvalue weighted by Crippen LogP contribution is 2.37. The average Bonchev–Trinajstić information content (AvgIpc) is 2.95. The predicted octanol–water partition coefficient (Wildman–Crippen LogP) is 1.79. The van der Waals surface area contributed by atoms with Crippen molar-refractivity contribution in [3.8, 4) is 0 Å². The third-order valence-corrected chi connectivity index (χ3v) is 6.37. The summed E-state index contributed by atoms with van der Waals surface area (Å²) in [5.41, 5.74) is 0.371. The third-order valence-electron chi connectivity index (χ3n) is 6.37. The number of hydrogen-bond donors (Lipinski definition) is 0. The number of hydrogen-bond acceptors (Lipinski definition) is 6. The van der Waals surface area contributed by atoms with Crippen LogP contribution in [0.15, 0.2) is 24.5 Å². The van der Waals surface area contributed by atoms with Crippen LogP contribution in [0.2, 0.25) is 0 Å². The van der Waals surface area contributed by atoms with E-state index < -0.39 is 5.54 Å². The number of aromatic nitrogens is 1. The molecule has 8 heteroatoms. The fourth-order valence-corrected chi connectivity index (χ4v) is 4.62. The van der Waals surface area contributed by atoms with Crippen LogP contribution in [-0.2, 0) is 20.7 Å². The monoisotopic (exact) mass is 418 g/mol. The highest BCUT2D eigenvalue weighted by molar-refractivity contribution is 6.07.